The molecule has 1 aliphatic heterocycles. The first kappa shape index (κ1) is 17.6. The summed E-state index contributed by atoms with van der Waals surface area (Å²) in [5.74, 6) is 0. The molecule has 4 aromatic rings. The topological polar surface area (TPSA) is 0 Å². The quantitative estimate of drug-likeness (QED) is 0.365. The molecule has 4 heteroatoms. The molecule has 0 nitrogen and oxygen atoms in total. The molecule has 3 heterocycles. The Kier molecular flexibility index (Phi) is 4.43. The average Bonchev–Trinajstić information content (AvgIpc) is 3.30. The van der Waals surface area contributed by atoms with Crippen molar-refractivity contribution in [1.29, 1.82) is 0 Å². The summed E-state index contributed by atoms with van der Waals surface area (Å²) in [5.41, 5.74) is 8.84. The van der Waals surface area contributed by atoms with Gasteiger partial charge in [-0.1, -0.05) is 0 Å². The minimum absolute atomic E-state index is 0.391. The Hall–Kier alpha value is -1.54. The van der Waals surface area contributed by atoms with E-state index in [1.807, 2.05) is 22.7 Å². The molecule has 0 fully saturated rings. The van der Waals surface area contributed by atoms with Crippen molar-refractivity contribution in [3.8, 4) is 0 Å². The second-order valence-electron chi connectivity index (χ2n) is 7.28. The van der Waals surface area contributed by atoms with Gasteiger partial charge < -0.3 is 0 Å². The van der Waals surface area contributed by atoms with Crippen molar-refractivity contribution in [1.82, 2.24) is 0 Å². The number of aryl methyl sites for hydroxylation is 3. The van der Waals surface area contributed by atoms with Crippen molar-refractivity contribution in [2.45, 2.75) is 20.8 Å². The number of rotatable bonds is 2. The van der Waals surface area contributed by atoms with Crippen LogP contribution in [0.4, 0.5) is 0 Å². The molecule has 5 rings (SSSR count). The second-order valence-corrected chi connectivity index (χ2v) is 14.8. The van der Waals surface area contributed by atoms with E-state index in [0.717, 1.165) is 0 Å². The fourth-order valence-corrected chi connectivity index (χ4v) is 14.7. The van der Waals surface area contributed by atoms with Crippen LogP contribution in [0.5, 0.6) is 0 Å². The molecule has 2 aromatic carbocycles. The monoisotopic (exact) mass is 446 g/mol. The van der Waals surface area contributed by atoms with Crippen molar-refractivity contribution in [2.75, 3.05) is 0 Å². The average molecular weight is 446 g/mol. The van der Waals surface area contributed by atoms with Crippen molar-refractivity contribution < 1.29 is 0 Å². The number of benzene rings is 2. The van der Waals surface area contributed by atoms with E-state index in [1.54, 1.807) is 22.6 Å². The van der Waals surface area contributed by atoms with Gasteiger partial charge in [0.05, 0.1) is 0 Å². The molecular weight excluding hydrogens is 426 g/mol. The van der Waals surface area contributed by atoms with Crippen LogP contribution in [0.1, 0.15) is 16.7 Å². The van der Waals surface area contributed by atoms with Gasteiger partial charge in [0, 0.05) is 0 Å². The standard InChI is InChI=1S/C23H20AsBS2/c1-15-13-16(2)21(17(3)14-15)25-19-9-11-26-22(19)24(18-7-5-4-6-8-18)23-20(25)10-12-27-23/h4-14H,1-3H3. The normalized spacial score (nSPS) is 13.5. The minimum atomic E-state index is -1.43. The SMILES string of the molecule is Cc1cc(C)c(B2c3ccsc3[As](c3ccccc3)c3sccc32)c(C)c1. The predicted octanol–water partition coefficient (Wildman–Crippen LogP) is 2.08. The first-order valence-corrected chi connectivity index (χ1v) is 13.8. The Morgan fingerprint density at radius 3 is 1.85 bits per heavy atom. The van der Waals surface area contributed by atoms with Crippen LogP contribution in [0.3, 0.4) is 0 Å². The van der Waals surface area contributed by atoms with Gasteiger partial charge in [-0.15, -0.1) is 0 Å². The van der Waals surface area contributed by atoms with Gasteiger partial charge in [0.25, 0.3) is 0 Å². The van der Waals surface area contributed by atoms with Crippen molar-refractivity contribution in [3.05, 3.63) is 82.0 Å². The predicted molar refractivity (Wildman–Crippen MR) is 125 cm³/mol. The third kappa shape index (κ3) is 2.79. The van der Waals surface area contributed by atoms with Gasteiger partial charge in [0.2, 0.25) is 0 Å². The third-order valence-electron chi connectivity index (χ3n) is 5.42. The van der Waals surface area contributed by atoms with Crippen LogP contribution in [0.15, 0.2) is 65.4 Å². The van der Waals surface area contributed by atoms with Gasteiger partial charge in [0.15, 0.2) is 0 Å². The van der Waals surface area contributed by atoms with Gasteiger partial charge in [-0.3, -0.25) is 0 Å². The summed E-state index contributed by atoms with van der Waals surface area (Å²) in [6.45, 7) is 7.17. The molecule has 0 atom stereocenters. The molecule has 0 N–H and O–H groups in total. The summed E-state index contributed by atoms with van der Waals surface area (Å²) in [6, 6.07) is 20.7. The molecule has 1 aliphatic rings. The van der Waals surface area contributed by atoms with E-state index in [2.05, 4.69) is 86.1 Å². The first-order chi connectivity index (χ1) is 13.1. The number of hydrogen-bond acceptors (Lipinski definition) is 2. The Bertz CT molecular complexity index is 1060. The van der Waals surface area contributed by atoms with Gasteiger partial charge in [-0.2, -0.15) is 0 Å². The molecular formula is C23H20AsBS2. The molecule has 132 valence electrons. The summed E-state index contributed by atoms with van der Waals surface area (Å²) >= 11 is 2.53. The van der Waals surface area contributed by atoms with E-state index in [0.29, 0.717) is 6.71 Å². The fourth-order valence-electron chi connectivity index (χ4n) is 4.45. The van der Waals surface area contributed by atoms with Gasteiger partial charge >= 0.3 is 175 Å². The molecule has 0 unspecified atom stereocenters. The van der Waals surface area contributed by atoms with Crippen LogP contribution >= 0.6 is 22.7 Å². The fraction of sp³-hybridized carbons (Fsp3) is 0.130. The van der Waals surface area contributed by atoms with Crippen LogP contribution in [0.2, 0.25) is 0 Å². The van der Waals surface area contributed by atoms with E-state index < -0.39 is 14.7 Å². The zero-order chi connectivity index (χ0) is 18.5. The van der Waals surface area contributed by atoms with Gasteiger partial charge in [-0.05, 0) is 0 Å². The molecule has 27 heavy (non-hydrogen) atoms. The van der Waals surface area contributed by atoms with Gasteiger partial charge in [-0.25, -0.2) is 0 Å². The molecule has 0 aliphatic carbocycles. The molecule has 0 bridgehead atoms. The van der Waals surface area contributed by atoms with Crippen molar-refractivity contribution in [3.63, 3.8) is 0 Å². The first-order valence-electron chi connectivity index (χ1n) is 9.23. The zero-order valence-electron chi connectivity index (χ0n) is 15.7. The van der Waals surface area contributed by atoms with Crippen LogP contribution < -0.4 is 28.1 Å². The molecule has 0 spiro atoms. The maximum atomic E-state index is 2.40. The number of thiophene rings is 2. The summed E-state index contributed by atoms with van der Waals surface area (Å²) in [5, 5.41) is 4.63. The van der Waals surface area contributed by atoms with E-state index in [-0.39, 0.29) is 0 Å². The second kappa shape index (κ2) is 6.81. The third-order valence-corrected chi connectivity index (χ3v) is 14.6. The summed E-state index contributed by atoms with van der Waals surface area (Å²) in [6.07, 6.45) is 0. The van der Waals surface area contributed by atoms with Gasteiger partial charge in [0.1, 0.15) is 0 Å². The Balaban J connectivity index is 1.77. The molecule has 2 aromatic heterocycles. The van der Waals surface area contributed by atoms with Crippen LogP contribution in [0, 0.1) is 20.8 Å². The van der Waals surface area contributed by atoms with E-state index in [4.69, 9.17) is 0 Å². The van der Waals surface area contributed by atoms with Crippen LogP contribution in [0.25, 0.3) is 0 Å². The van der Waals surface area contributed by atoms with Crippen LogP contribution in [-0.4, -0.2) is 21.4 Å². The molecule has 0 saturated carbocycles. The van der Waals surface area contributed by atoms with Crippen LogP contribution in [-0.2, 0) is 0 Å². The summed E-state index contributed by atoms with van der Waals surface area (Å²) < 4.78 is 4.87. The van der Waals surface area contributed by atoms with E-state index in [1.165, 1.54) is 22.2 Å². The van der Waals surface area contributed by atoms with E-state index >= 15 is 0 Å². The Morgan fingerprint density at radius 2 is 1.30 bits per heavy atom. The maximum absolute atomic E-state index is 2.40. The molecule has 0 saturated heterocycles. The number of hydrogen-bond donors (Lipinski definition) is 0. The molecule has 0 radical (unpaired) electrons. The van der Waals surface area contributed by atoms with Crippen molar-refractivity contribution >= 4 is 72.1 Å². The Labute approximate surface area is 174 Å². The zero-order valence-corrected chi connectivity index (χ0v) is 19.2. The van der Waals surface area contributed by atoms with Crippen molar-refractivity contribution in [2.24, 2.45) is 0 Å². The Morgan fingerprint density at radius 1 is 0.741 bits per heavy atom. The van der Waals surface area contributed by atoms with E-state index in [9.17, 15) is 0 Å². The number of fused-ring (bicyclic) bond motifs is 2. The summed E-state index contributed by atoms with van der Waals surface area (Å²) in [4.78, 5) is 0. The summed E-state index contributed by atoms with van der Waals surface area (Å²) in [7, 11) is 0. The molecule has 0 amide bonds.